The van der Waals surface area contributed by atoms with Crippen molar-refractivity contribution in [2.45, 2.75) is 18.2 Å². The van der Waals surface area contributed by atoms with Gasteiger partial charge in [-0.25, -0.2) is 4.98 Å². The second-order valence-corrected chi connectivity index (χ2v) is 6.12. The summed E-state index contributed by atoms with van der Waals surface area (Å²) in [5.74, 6) is 1.24. The molecule has 0 saturated heterocycles. The Balaban J connectivity index is 2.21. The van der Waals surface area contributed by atoms with Crippen LogP contribution in [0.5, 0.6) is 0 Å². The maximum absolute atomic E-state index is 6.20. The minimum Gasteiger partial charge on any atom is -0.369 e. The average molecular weight is 342 g/mol. The van der Waals surface area contributed by atoms with Gasteiger partial charge in [0.15, 0.2) is 5.82 Å². The molecular formula is C15H17Cl2N3S. The third-order valence-electron chi connectivity index (χ3n) is 2.82. The summed E-state index contributed by atoms with van der Waals surface area (Å²) in [7, 11) is 0. The summed E-state index contributed by atoms with van der Waals surface area (Å²) in [6.07, 6.45) is 3.05. The molecule has 0 radical (unpaired) electrons. The number of hydrogen-bond donors (Lipinski definition) is 2. The van der Waals surface area contributed by atoms with Gasteiger partial charge in [-0.15, -0.1) is 11.8 Å². The lowest BCUT2D eigenvalue weighted by Gasteiger charge is -2.12. The molecule has 0 saturated carbocycles. The van der Waals surface area contributed by atoms with Crippen molar-refractivity contribution in [2.24, 2.45) is 0 Å². The summed E-state index contributed by atoms with van der Waals surface area (Å²) in [5.41, 5.74) is 0.936. The van der Waals surface area contributed by atoms with E-state index in [2.05, 4.69) is 22.5 Å². The molecule has 112 valence electrons. The standard InChI is InChI=1S/C15H17Cl2N3S/c1-3-8-18-14-12(16)9-13(17)15(20-14)19-10-4-6-11(21-2)7-5-10/h4-7,9H,3,8H2,1-2H3,(H2,18,19,20). The number of nitrogens with zero attached hydrogens (tertiary/aromatic N) is 1. The van der Waals surface area contributed by atoms with Crippen molar-refractivity contribution in [1.82, 2.24) is 4.98 Å². The molecule has 6 heteroatoms. The monoisotopic (exact) mass is 341 g/mol. The first-order chi connectivity index (χ1) is 10.1. The first-order valence-corrected chi connectivity index (χ1v) is 8.63. The molecule has 0 bridgehead atoms. The van der Waals surface area contributed by atoms with Crippen molar-refractivity contribution in [3.8, 4) is 0 Å². The van der Waals surface area contributed by atoms with Gasteiger partial charge in [-0.3, -0.25) is 0 Å². The molecule has 0 aliphatic carbocycles. The van der Waals surface area contributed by atoms with Crippen LogP contribution in [0.25, 0.3) is 0 Å². The molecule has 1 aromatic carbocycles. The first kappa shape index (κ1) is 16.3. The van der Waals surface area contributed by atoms with Crippen molar-refractivity contribution in [2.75, 3.05) is 23.4 Å². The van der Waals surface area contributed by atoms with Crippen molar-refractivity contribution in [3.05, 3.63) is 40.4 Å². The van der Waals surface area contributed by atoms with Crippen LogP contribution in [0.1, 0.15) is 13.3 Å². The summed E-state index contributed by atoms with van der Waals surface area (Å²) in [6, 6.07) is 9.79. The zero-order chi connectivity index (χ0) is 15.2. The van der Waals surface area contributed by atoms with Crippen molar-refractivity contribution < 1.29 is 0 Å². The highest BCUT2D eigenvalue weighted by molar-refractivity contribution is 7.98. The number of benzene rings is 1. The molecule has 0 amide bonds. The van der Waals surface area contributed by atoms with Crippen LogP contribution >= 0.6 is 35.0 Å². The smallest absolute Gasteiger partial charge is 0.151 e. The van der Waals surface area contributed by atoms with Gasteiger partial charge in [0.2, 0.25) is 0 Å². The second kappa shape index (κ2) is 7.78. The molecule has 0 unspecified atom stereocenters. The van der Waals surface area contributed by atoms with Crippen LogP contribution < -0.4 is 10.6 Å². The van der Waals surface area contributed by atoms with E-state index in [0.717, 1.165) is 18.7 Å². The van der Waals surface area contributed by atoms with Gasteiger partial charge < -0.3 is 10.6 Å². The molecule has 0 fully saturated rings. The third-order valence-corrected chi connectivity index (χ3v) is 4.14. The van der Waals surface area contributed by atoms with E-state index >= 15 is 0 Å². The van der Waals surface area contributed by atoms with E-state index in [1.165, 1.54) is 4.90 Å². The van der Waals surface area contributed by atoms with E-state index in [1.807, 2.05) is 30.5 Å². The average Bonchev–Trinajstić information content (AvgIpc) is 2.49. The van der Waals surface area contributed by atoms with Gasteiger partial charge in [-0.2, -0.15) is 0 Å². The van der Waals surface area contributed by atoms with Gasteiger partial charge in [0.25, 0.3) is 0 Å². The molecule has 3 nitrogen and oxygen atoms in total. The Kier molecular flexibility index (Phi) is 6.03. The van der Waals surface area contributed by atoms with Crippen LogP contribution in [-0.2, 0) is 0 Å². The molecule has 2 rings (SSSR count). The third kappa shape index (κ3) is 4.43. The fourth-order valence-electron chi connectivity index (χ4n) is 1.73. The Morgan fingerprint density at radius 3 is 2.38 bits per heavy atom. The fourth-order valence-corrected chi connectivity index (χ4v) is 2.61. The summed E-state index contributed by atoms with van der Waals surface area (Å²) in [4.78, 5) is 5.67. The van der Waals surface area contributed by atoms with Gasteiger partial charge in [-0.05, 0) is 43.0 Å². The number of aromatic nitrogens is 1. The van der Waals surface area contributed by atoms with Crippen molar-refractivity contribution in [1.29, 1.82) is 0 Å². The predicted octanol–water partition coefficient (Wildman–Crippen LogP) is 5.68. The van der Waals surface area contributed by atoms with E-state index in [9.17, 15) is 0 Å². The number of pyridine rings is 1. The molecule has 0 aliphatic heterocycles. The zero-order valence-electron chi connectivity index (χ0n) is 11.9. The van der Waals surface area contributed by atoms with E-state index < -0.39 is 0 Å². The summed E-state index contributed by atoms with van der Waals surface area (Å²) < 4.78 is 0. The Morgan fingerprint density at radius 2 is 1.76 bits per heavy atom. The van der Waals surface area contributed by atoms with Crippen LogP contribution in [0.3, 0.4) is 0 Å². The van der Waals surface area contributed by atoms with Gasteiger partial charge in [0.1, 0.15) is 5.82 Å². The van der Waals surface area contributed by atoms with Crippen molar-refractivity contribution >= 4 is 52.3 Å². The minimum atomic E-state index is 0.496. The highest BCUT2D eigenvalue weighted by atomic mass is 35.5. The molecule has 21 heavy (non-hydrogen) atoms. The molecule has 0 atom stereocenters. The van der Waals surface area contributed by atoms with Gasteiger partial charge in [0, 0.05) is 17.1 Å². The Labute approximate surface area is 139 Å². The first-order valence-electron chi connectivity index (χ1n) is 6.65. The number of nitrogens with one attached hydrogen (secondary N) is 2. The van der Waals surface area contributed by atoms with Crippen molar-refractivity contribution in [3.63, 3.8) is 0 Å². The Morgan fingerprint density at radius 1 is 1.10 bits per heavy atom. The zero-order valence-corrected chi connectivity index (χ0v) is 14.2. The van der Waals surface area contributed by atoms with E-state index in [-0.39, 0.29) is 0 Å². The van der Waals surface area contributed by atoms with E-state index in [4.69, 9.17) is 23.2 Å². The summed E-state index contributed by atoms with van der Waals surface area (Å²) in [5, 5.41) is 7.43. The molecule has 0 spiro atoms. The Hall–Kier alpha value is -1.10. The lowest BCUT2D eigenvalue weighted by Crippen LogP contribution is -2.04. The lowest BCUT2D eigenvalue weighted by atomic mass is 10.3. The van der Waals surface area contributed by atoms with Gasteiger partial charge in [-0.1, -0.05) is 30.1 Å². The molecule has 2 N–H and O–H groups in total. The number of anilines is 3. The molecule has 1 aromatic heterocycles. The molecule has 2 aromatic rings. The molecule has 0 aliphatic rings. The number of rotatable bonds is 6. The van der Waals surface area contributed by atoms with Crippen LogP contribution in [0, 0.1) is 0 Å². The Bertz CT molecular complexity index is 603. The highest BCUT2D eigenvalue weighted by Crippen LogP contribution is 2.31. The van der Waals surface area contributed by atoms with E-state index in [0.29, 0.717) is 21.7 Å². The lowest BCUT2D eigenvalue weighted by molar-refractivity contribution is 0.970. The second-order valence-electron chi connectivity index (χ2n) is 4.43. The number of thioether (sulfide) groups is 1. The number of halogens is 2. The van der Waals surface area contributed by atoms with Crippen LogP contribution in [-0.4, -0.2) is 17.8 Å². The largest absolute Gasteiger partial charge is 0.369 e. The topological polar surface area (TPSA) is 37.0 Å². The van der Waals surface area contributed by atoms with Crippen LogP contribution in [0.4, 0.5) is 17.3 Å². The molecular weight excluding hydrogens is 325 g/mol. The highest BCUT2D eigenvalue weighted by Gasteiger charge is 2.09. The normalized spacial score (nSPS) is 10.5. The van der Waals surface area contributed by atoms with E-state index in [1.54, 1.807) is 17.8 Å². The van der Waals surface area contributed by atoms with Crippen LogP contribution in [0.2, 0.25) is 10.0 Å². The van der Waals surface area contributed by atoms with Gasteiger partial charge in [0.05, 0.1) is 10.0 Å². The molecule has 1 heterocycles. The fraction of sp³-hybridized carbons (Fsp3) is 0.267. The van der Waals surface area contributed by atoms with Crippen LogP contribution in [0.15, 0.2) is 35.2 Å². The quantitative estimate of drug-likeness (QED) is 0.663. The maximum Gasteiger partial charge on any atom is 0.151 e. The predicted molar refractivity (Wildman–Crippen MR) is 94.5 cm³/mol. The SMILES string of the molecule is CCCNc1nc(Nc2ccc(SC)cc2)c(Cl)cc1Cl. The maximum atomic E-state index is 6.20. The summed E-state index contributed by atoms with van der Waals surface area (Å²) in [6.45, 7) is 2.90. The summed E-state index contributed by atoms with van der Waals surface area (Å²) >= 11 is 14.0. The minimum absolute atomic E-state index is 0.496. The van der Waals surface area contributed by atoms with Gasteiger partial charge >= 0.3 is 0 Å². The number of hydrogen-bond acceptors (Lipinski definition) is 4.